The summed E-state index contributed by atoms with van der Waals surface area (Å²) in [5.74, 6) is -0.390. The highest BCUT2D eigenvalue weighted by molar-refractivity contribution is 6.47. The van der Waals surface area contributed by atoms with Gasteiger partial charge in [0.2, 0.25) is 5.91 Å². The third-order valence-electron chi connectivity index (χ3n) is 6.13. The van der Waals surface area contributed by atoms with Crippen LogP contribution in [0, 0.1) is 13.8 Å². The molecule has 0 bridgehead atoms. The van der Waals surface area contributed by atoms with Crippen molar-refractivity contribution in [2.24, 2.45) is 4.99 Å². The number of hydrogen-bond acceptors (Lipinski definition) is 3. The third kappa shape index (κ3) is 3.99. The van der Waals surface area contributed by atoms with Crippen LogP contribution in [-0.2, 0) is 9.59 Å². The van der Waals surface area contributed by atoms with Crippen molar-refractivity contribution in [3.63, 3.8) is 0 Å². The van der Waals surface area contributed by atoms with Gasteiger partial charge >= 0.3 is 0 Å². The van der Waals surface area contributed by atoms with E-state index in [4.69, 9.17) is 16.6 Å². The predicted octanol–water partition coefficient (Wildman–Crippen LogP) is 4.89. The Morgan fingerprint density at radius 1 is 1.07 bits per heavy atom. The molecule has 0 atom stereocenters. The fourth-order valence-electron chi connectivity index (χ4n) is 4.31. The lowest BCUT2D eigenvalue weighted by Crippen LogP contribution is -2.51. The predicted molar refractivity (Wildman–Crippen MR) is 120 cm³/mol. The average molecular weight is 424 g/mol. The first kappa shape index (κ1) is 20.6. The number of rotatable bonds is 4. The van der Waals surface area contributed by atoms with Gasteiger partial charge in [-0.3, -0.25) is 14.6 Å². The largest absolute Gasteiger partial charge is 0.325 e. The van der Waals surface area contributed by atoms with Crippen molar-refractivity contribution in [2.75, 3.05) is 11.9 Å². The maximum atomic E-state index is 13.3. The number of benzene rings is 2. The van der Waals surface area contributed by atoms with Crippen LogP contribution in [0.15, 0.2) is 47.5 Å². The molecule has 4 rings (SSSR count). The van der Waals surface area contributed by atoms with Gasteiger partial charge < -0.3 is 10.2 Å². The lowest BCUT2D eigenvalue weighted by Gasteiger charge is -2.38. The molecule has 0 saturated heterocycles. The Morgan fingerprint density at radius 3 is 2.43 bits per heavy atom. The lowest BCUT2D eigenvalue weighted by molar-refractivity contribution is -0.134. The summed E-state index contributed by atoms with van der Waals surface area (Å²) in [6.45, 7) is 4.04. The van der Waals surface area contributed by atoms with E-state index in [9.17, 15) is 9.59 Å². The molecule has 0 aromatic heterocycles. The second kappa shape index (κ2) is 8.23. The molecule has 1 N–H and O–H groups in total. The van der Waals surface area contributed by atoms with E-state index in [1.807, 2.05) is 44.2 Å². The molecular weight excluding hydrogens is 398 g/mol. The summed E-state index contributed by atoms with van der Waals surface area (Å²) in [4.78, 5) is 32.8. The van der Waals surface area contributed by atoms with Crippen LogP contribution in [0.25, 0.3) is 0 Å². The Kier molecular flexibility index (Phi) is 5.65. The molecule has 30 heavy (non-hydrogen) atoms. The molecule has 2 amide bonds. The fourth-order valence-corrected chi connectivity index (χ4v) is 4.44. The van der Waals surface area contributed by atoms with Crippen molar-refractivity contribution >= 4 is 34.8 Å². The number of aliphatic imine (C=N–C) groups is 1. The number of amides is 2. The molecule has 1 fully saturated rings. The molecular formula is C24H26ClN3O2. The van der Waals surface area contributed by atoms with Crippen molar-refractivity contribution < 1.29 is 9.59 Å². The minimum absolute atomic E-state index is 0.00759. The minimum Gasteiger partial charge on any atom is -0.325 e. The van der Waals surface area contributed by atoms with Crippen LogP contribution >= 0.6 is 11.6 Å². The van der Waals surface area contributed by atoms with Crippen LogP contribution in [0.3, 0.4) is 0 Å². The first-order chi connectivity index (χ1) is 14.4. The number of nitrogens with one attached hydrogen (secondary N) is 1. The maximum Gasteiger partial charge on any atom is 0.275 e. The second-order valence-electron chi connectivity index (χ2n) is 8.25. The standard InChI is InChI=1S/C24H26ClN3O2/c1-16-6-11-20(14-17(16)2)26-21(29)15-28-23(30)22(18-7-9-19(25)10-8-18)27-24(28)12-4-3-5-13-24/h6-11,14H,3-5,12-13,15H2,1-2H3,(H,26,29). The minimum atomic E-state index is -0.620. The van der Waals surface area contributed by atoms with Crippen LogP contribution in [0.1, 0.15) is 48.8 Å². The van der Waals surface area contributed by atoms with E-state index in [1.54, 1.807) is 17.0 Å². The van der Waals surface area contributed by atoms with E-state index in [1.165, 1.54) is 5.56 Å². The Labute approximate surface area is 182 Å². The molecule has 2 aromatic rings. The first-order valence-corrected chi connectivity index (χ1v) is 10.8. The zero-order valence-corrected chi connectivity index (χ0v) is 18.1. The summed E-state index contributed by atoms with van der Waals surface area (Å²) in [6, 6.07) is 13.0. The lowest BCUT2D eigenvalue weighted by atomic mass is 9.88. The van der Waals surface area contributed by atoms with Crippen molar-refractivity contribution in [3.05, 3.63) is 64.2 Å². The Bertz CT molecular complexity index is 1010. The Balaban J connectivity index is 1.57. The van der Waals surface area contributed by atoms with E-state index in [-0.39, 0.29) is 18.4 Å². The summed E-state index contributed by atoms with van der Waals surface area (Å²) in [6.07, 6.45) is 4.70. The average Bonchev–Trinajstić information content (AvgIpc) is 2.98. The van der Waals surface area contributed by atoms with Gasteiger partial charge in [0.05, 0.1) is 0 Å². The Hall–Kier alpha value is -2.66. The molecule has 1 heterocycles. The van der Waals surface area contributed by atoms with Crippen molar-refractivity contribution in [1.82, 2.24) is 4.90 Å². The molecule has 2 aromatic carbocycles. The highest BCUT2D eigenvalue weighted by atomic mass is 35.5. The zero-order chi connectivity index (χ0) is 21.3. The van der Waals surface area contributed by atoms with Gasteiger partial charge in [0.25, 0.3) is 5.91 Å². The number of anilines is 1. The van der Waals surface area contributed by atoms with Gasteiger partial charge in [-0.2, -0.15) is 0 Å². The summed E-state index contributed by atoms with van der Waals surface area (Å²) in [7, 11) is 0. The maximum absolute atomic E-state index is 13.3. The number of aryl methyl sites for hydroxylation is 2. The number of halogens is 1. The van der Waals surface area contributed by atoms with Gasteiger partial charge in [0, 0.05) is 16.3 Å². The molecule has 156 valence electrons. The van der Waals surface area contributed by atoms with Gasteiger partial charge in [0.1, 0.15) is 17.9 Å². The third-order valence-corrected chi connectivity index (χ3v) is 6.39. The SMILES string of the molecule is Cc1ccc(NC(=O)CN2C(=O)C(c3ccc(Cl)cc3)=NC23CCCCC3)cc1C. The monoisotopic (exact) mass is 423 g/mol. The second-order valence-corrected chi connectivity index (χ2v) is 8.69. The van der Waals surface area contributed by atoms with Gasteiger partial charge in [-0.1, -0.05) is 36.2 Å². The molecule has 1 spiro atoms. The topological polar surface area (TPSA) is 61.8 Å². The molecule has 5 nitrogen and oxygen atoms in total. The first-order valence-electron chi connectivity index (χ1n) is 10.4. The molecule has 1 aliphatic carbocycles. The summed E-state index contributed by atoms with van der Waals surface area (Å²) in [5.41, 5.74) is 3.57. The van der Waals surface area contributed by atoms with Crippen molar-refractivity contribution in [1.29, 1.82) is 0 Å². The molecule has 2 aliphatic rings. The van der Waals surface area contributed by atoms with Crippen LogP contribution in [0.2, 0.25) is 5.02 Å². The highest BCUT2D eigenvalue weighted by Crippen LogP contribution is 2.39. The molecule has 1 aliphatic heterocycles. The summed E-state index contributed by atoms with van der Waals surface area (Å²) in [5, 5.41) is 3.55. The van der Waals surface area contributed by atoms with Crippen LogP contribution in [-0.4, -0.2) is 34.6 Å². The van der Waals surface area contributed by atoms with Crippen LogP contribution in [0.4, 0.5) is 5.69 Å². The van der Waals surface area contributed by atoms with Gasteiger partial charge in [-0.15, -0.1) is 0 Å². The normalized spacial score (nSPS) is 17.9. The zero-order valence-electron chi connectivity index (χ0n) is 17.4. The van der Waals surface area contributed by atoms with Crippen molar-refractivity contribution in [3.8, 4) is 0 Å². The molecule has 6 heteroatoms. The quantitative estimate of drug-likeness (QED) is 0.761. The molecule has 0 unspecified atom stereocenters. The van der Waals surface area contributed by atoms with E-state index >= 15 is 0 Å². The summed E-state index contributed by atoms with van der Waals surface area (Å²) < 4.78 is 0. The van der Waals surface area contributed by atoms with Gasteiger partial charge in [-0.25, -0.2) is 0 Å². The fraction of sp³-hybridized carbons (Fsp3) is 0.375. The van der Waals surface area contributed by atoms with E-state index in [0.717, 1.165) is 48.9 Å². The Morgan fingerprint density at radius 2 is 1.77 bits per heavy atom. The van der Waals surface area contributed by atoms with E-state index < -0.39 is 5.66 Å². The van der Waals surface area contributed by atoms with Crippen molar-refractivity contribution in [2.45, 2.75) is 51.6 Å². The molecule has 1 saturated carbocycles. The highest BCUT2D eigenvalue weighted by Gasteiger charge is 2.48. The van der Waals surface area contributed by atoms with E-state index in [0.29, 0.717) is 10.7 Å². The van der Waals surface area contributed by atoms with Crippen LogP contribution < -0.4 is 5.32 Å². The number of carbonyl (C=O) groups excluding carboxylic acids is 2. The van der Waals surface area contributed by atoms with Gasteiger partial charge in [-0.05, 0) is 74.9 Å². The smallest absolute Gasteiger partial charge is 0.275 e. The number of carbonyl (C=O) groups is 2. The number of hydrogen-bond donors (Lipinski definition) is 1. The summed E-state index contributed by atoms with van der Waals surface area (Å²) >= 11 is 6.00. The molecule has 0 radical (unpaired) electrons. The van der Waals surface area contributed by atoms with Gasteiger partial charge in [0.15, 0.2) is 0 Å². The van der Waals surface area contributed by atoms with E-state index in [2.05, 4.69) is 5.32 Å². The van der Waals surface area contributed by atoms with Crippen LogP contribution in [0.5, 0.6) is 0 Å². The number of nitrogens with zero attached hydrogens (tertiary/aromatic N) is 2.